The molecule has 0 aliphatic carbocycles. The van der Waals surface area contributed by atoms with Crippen LogP contribution in [0.15, 0.2) is 48.5 Å². The van der Waals surface area contributed by atoms with Gasteiger partial charge in [-0.25, -0.2) is 0 Å². The molecule has 0 heterocycles. The van der Waals surface area contributed by atoms with Gasteiger partial charge in [-0.15, -0.1) is 13.2 Å². The molecular formula is C13H8F3O. The Morgan fingerprint density at radius 2 is 1.76 bits per heavy atom. The predicted octanol–water partition coefficient (Wildman–Crippen LogP) is 4.05. The largest absolute Gasteiger partial charge is 0.573 e. The maximum atomic E-state index is 12.2. The molecule has 0 amide bonds. The molecule has 0 aromatic heterocycles. The summed E-state index contributed by atoms with van der Waals surface area (Å²) in [4.78, 5) is 0. The van der Waals surface area contributed by atoms with Crippen LogP contribution in [0, 0.1) is 6.07 Å². The van der Waals surface area contributed by atoms with Gasteiger partial charge in [-0.3, -0.25) is 0 Å². The summed E-state index contributed by atoms with van der Waals surface area (Å²) in [6.45, 7) is 0. The van der Waals surface area contributed by atoms with Gasteiger partial charge in [0.05, 0.1) is 0 Å². The van der Waals surface area contributed by atoms with Gasteiger partial charge in [0.1, 0.15) is 5.75 Å². The van der Waals surface area contributed by atoms with Gasteiger partial charge in [0.15, 0.2) is 0 Å². The monoisotopic (exact) mass is 237 g/mol. The Labute approximate surface area is 96.5 Å². The molecule has 87 valence electrons. The SMILES string of the molecule is FC(F)(F)Oc1ccccc1-c1c[c]ccc1. The van der Waals surface area contributed by atoms with E-state index in [0.29, 0.717) is 11.1 Å². The van der Waals surface area contributed by atoms with Gasteiger partial charge in [0, 0.05) is 5.56 Å². The summed E-state index contributed by atoms with van der Waals surface area (Å²) in [6, 6.07) is 15.5. The molecule has 0 bridgehead atoms. The third-order valence-corrected chi connectivity index (χ3v) is 2.13. The maximum absolute atomic E-state index is 12.2. The second-order valence-electron chi connectivity index (χ2n) is 3.34. The lowest BCUT2D eigenvalue weighted by atomic mass is 10.1. The van der Waals surface area contributed by atoms with Gasteiger partial charge in [-0.2, -0.15) is 0 Å². The number of rotatable bonds is 2. The van der Waals surface area contributed by atoms with Crippen molar-refractivity contribution in [2.24, 2.45) is 0 Å². The molecular weight excluding hydrogens is 229 g/mol. The van der Waals surface area contributed by atoms with Crippen molar-refractivity contribution in [3.8, 4) is 16.9 Å². The van der Waals surface area contributed by atoms with Gasteiger partial charge >= 0.3 is 6.36 Å². The summed E-state index contributed by atoms with van der Waals surface area (Å²) in [7, 11) is 0. The van der Waals surface area contributed by atoms with Crippen LogP contribution in [0.5, 0.6) is 5.75 Å². The molecule has 0 N–H and O–H groups in total. The van der Waals surface area contributed by atoms with Crippen molar-refractivity contribution < 1.29 is 17.9 Å². The third kappa shape index (κ3) is 3.00. The highest BCUT2D eigenvalue weighted by Crippen LogP contribution is 2.33. The quantitative estimate of drug-likeness (QED) is 0.765. The van der Waals surface area contributed by atoms with Gasteiger partial charge < -0.3 is 4.74 Å². The molecule has 2 aromatic carbocycles. The summed E-state index contributed by atoms with van der Waals surface area (Å²) >= 11 is 0. The van der Waals surface area contributed by atoms with Gasteiger partial charge in [0.25, 0.3) is 0 Å². The second kappa shape index (κ2) is 4.49. The molecule has 0 saturated heterocycles. The minimum Gasteiger partial charge on any atom is -0.405 e. The number of benzene rings is 2. The van der Waals surface area contributed by atoms with Crippen molar-refractivity contribution in [1.82, 2.24) is 0 Å². The predicted molar refractivity (Wildman–Crippen MR) is 57.4 cm³/mol. The first-order chi connectivity index (χ1) is 8.06. The molecule has 2 rings (SSSR count). The highest BCUT2D eigenvalue weighted by molar-refractivity contribution is 5.70. The fourth-order valence-electron chi connectivity index (χ4n) is 1.48. The lowest BCUT2D eigenvalue weighted by Crippen LogP contribution is -2.17. The molecule has 2 aromatic rings. The zero-order chi connectivity index (χ0) is 12.3. The number of halogens is 3. The average Bonchev–Trinajstić information content (AvgIpc) is 2.29. The standard InChI is InChI=1S/C13H8F3O/c14-13(15,16)17-12-9-5-4-8-11(12)10-6-2-1-3-7-10/h1-2,4-9H. The summed E-state index contributed by atoms with van der Waals surface area (Å²) in [6.07, 6.45) is -4.69. The van der Waals surface area contributed by atoms with E-state index in [4.69, 9.17) is 0 Å². The van der Waals surface area contributed by atoms with Crippen LogP contribution in [0.25, 0.3) is 11.1 Å². The minimum atomic E-state index is -4.69. The van der Waals surface area contributed by atoms with Crippen LogP contribution in [0.1, 0.15) is 0 Å². The van der Waals surface area contributed by atoms with Crippen LogP contribution in [0.2, 0.25) is 0 Å². The Bertz CT molecular complexity index is 492. The molecule has 0 aliphatic rings. The minimum absolute atomic E-state index is 0.209. The highest BCUT2D eigenvalue weighted by atomic mass is 19.4. The first-order valence-corrected chi connectivity index (χ1v) is 4.87. The van der Waals surface area contributed by atoms with Crippen molar-refractivity contribution in [1.29, 1.82) is 0 Å². The summed E-state index contributed by atoms with van der Waals surface area (Å²) in [5.74, 6) is -0.209. The molecule has 0 saturated carbocycles. The van der Waals surface area contributed by atoms with E-state index in [-0.39, 0.29) is 5.75 Å². The molecule has 0 atom stereocenters. The first-order valence-electron chi connectivity index (χ1n) is 4.87. The van der Waals surface area contributed by atoms with E-state index in [9.17, 15) is 13.2 Å². The van der Waals surface area contributed by atoms with E-state index >= 15 is 0 Å². The van der Waals surface area contributed by atoms with E-state index in [2.05, 4.69) is 10.8 Å². The van der Waals surface area contributed by atoms with E-state index in [1.807, 2.05) is 0 Å². The van der Waals surface area contributed by atoms with Crippen LogP contribution in [0.4, 0.5) is 13.2 Å². The van der Waals surface area contributed by atoms with Crippen LogP contribution in [-0.2, 0) is 0 Å². The fraction of sp³-hybridized carbons (Fsp3) is 0.0769. The highest BCUT2D eigenvalue weighted by Gasteiger charge is 2.32. The average molecular weight is 237 g/mol. The van der Waals surface area contributed by atoms with Crippen molar-refractivity contribution >= 4 is 0 Å². The molecule has 17 heavy (non-hydrogen) atoms. The van der Waals surface area contributed by atoms with Crippen LogP contribution < -0.4 is 4.74 Å². The van der Waals surface area contributed by atoms with E-state index < -0.39 is 6.36 Å². The molecule has 0 unspecified atom stereocenters. The van der Waals surface area contributed by atoms with Crippen molar-refractivity contribution in [2.45, 2.75) is 6.36 Å². The zero-order valence-corrected chi connectivity index (χ0v) is 8.66. The van der Waals surface area contributed by atoms with Gasteiger partial charge in [-0.05, 0) is 23.8 Å². The van der Waals surface area contributed by atoms with Crippen molar-refractivity contribution in [2.75, 3.05) is 0 Å². The van der Waals surface area contributed by atoms with E-state index in [1.54, 1.807) is 36.4 Å². The normalized spacial score (nSPS) is 11.2. The van der Waals surface area contributed by atoms with Crippen LogP contribution in [0.3, 0.4) is 0 Å². The fourth-order valence-corrected chi connectivity index (χ4v) is 1.48. The molecule has 0 spiro atoms. The zero-order valence-electron chi connectivity index (χ0n) is 8.66. The second-order valence-corrected chi connectivity index (χ2v) is 3.34. The Morgan fingerprint density at radius 1 is 1.00 bits per heavy atom. The van der Waals surface area contributed by atoms with Gasteiger partial charge in [-0.1, -0.05) is 36.4 Å². The summed E-state index contributed by atoms with van der Waals surface area (Å²) in [5.41, 5.74) is 1.02. The number of hydrogen-bond donors (Lipinski definition) is 0. The molecule has 1 nitrogen and oxygen atoms in total. The Hall–Kier alpha value is -1.97. The molecule has 4 heteroatoms. The smallest absolute Gasteiger partial charge is 0.405 e. The molecule has 0 aliphatic heterocycles. The lowest BCUT2D eigenvalue weighted by molar-refractivity contribution is -0.274. The van der Waals surface area contributed by atoms with Crippen molar-refractivity contribution in [3.05, 3.63) is 54.6 Å². The number of hydrogen-bond acceptors (Lipinski definition) is 1. The number of alkyl halides is 3. The summed E-state index contributed by atoms with van der Waals surface area (Å²) in [5, 5.41) is 0. The van der Waals surface area contributed by atoms with E-state index in [1.165, 1.54) is 12.1 Å². The molecule has 0 fully saturated rings. The Kier molecular flexibility index (Phi) is 3.04. The van der Waals surface area contributed by atoms with E-state index in [0.717, 1.165) is 0 Å². The Morgan fingerprint density at radius 3 is 2.41 bits per heavy atom. The van der Waals surface area contributed by atoms with Gasteiger partial charge in [0.2, 0.25) is 0 Å². The van der Waals surface area contributed by atoms with Crippen LogP contribution >= 0.6 is 0 Å². The Balaban J connectivity index is 2.41. The lowest BCUT2D eigenvalue weighted by Gasteiger charge is -2.12. The topological polar surface area (TPSA) is 9.23 Å². The summed E-state index contributed by atoms with van der Waals surface area (Å²) < 4.78 is 40.6. The van der Waals surface area contributed by atoms with Crippen LogP contribution in [-0.4, -0.2) is 6.36 Å². The third-order valence-electron chi connectivity index (χ3n) is 2.13. The first kappa shape index (κ1) is 11.5. The maximum Gasteiger partial charge on any atom is 0.573 e. The number of ether oxygens (including phenoxy) is 1. The molecule has 1 radical (unpaired) electrons. The number of para-hydroxylation sites is 1. The van der Waals surface area contributed by atoms with Crippen molar-refractivity contribution in [3.63, 3.8) is 0 Å².